The summed E-state index contributed by atoms with van der Waals surface area (Å²) in [4.78, 5) is 0. The smallest absolute Gasteiger partial charge is 0.428 e. The lowest BCUT2D eigenvalue weighted by Crippen LogP contribution is -2.33. The third-order valence-electron chi connectivity index (χ3n) is 6.81. The van der Waals surface area contributed by atoms with E-state index < -0.39 is 12.5 Å². The van der Waals surface area contributed by atoms with Gasteiger partial charge in [0, 0.05) is 11.5 Å². The number of alkyl halides is 4. The van der Waals surface area contributed by atoms with Crippen molar-refractivity contribution in [3.8, 4) is 17.6 Å². The number of halogens is 4. The Bertz CT molecular complexity index is 703. The van der Waals surface area contributed by atoms with Crippen LogP contribution in [0.1, 0.15) is 76.7 Å². The van der Waals surface area contributed by atoms with Crippen molar-refractivity contribution in [3.05, 3.63) is 29.8 Å². The van der Waals surface area contributed by atoms with E-state index in [1.807, 2.05) is 0 Å². The Balaban J connectivity index is 1.45. The highest BCUT2D eigenvalue weighted by molar-refractivity contribution is 5.38. The summed E-state index contributed by atoms with van der Waals surface area (Å²) < 4.78 is 54.4. The van der Waals surface area contributed by atoms with Crippen molar-refractivity contribution in [1.82, 2.24) is 0 Å². The SMILES string of the molecule is CCCC1CCC(C2CCC(C#Cc3ccc(OC(F)(F)C(F)F)cc3)CC2)CC1. The van der Waals surface area contributed by atoms with E-state index in [0.29, 0.717) is 11.5 Å². The molecule has 1 aromatic rings. The van der Waals surface area contributed by atoms with Crippen LogP contribution in [0.25, 0.3) is 0 Å². The molecule has 30 heavy (non-hydrogen) atoms. The fourth-order valence-electron chi connectivity index (χ4n) is 5.08. The molecule has 0 spiro atoms. The van der Waals surface area contributed by atoms with Crippen LogP contribution < -0.4 is 4.74 Å². The second-order valence-electron chi connectivity index (χ2n) is 8.94. The molecule has 2 saturated carbocycles. The molecule has 2 aliphatic rings. The molecule has 2 aliphatic carbocycles. The average Bonchev–Trinajstić information content (AvgIpc) is 2.74. The lowest BCUT2D eigenvalue weighted by molar-refractivity contribution is -0.253. The van der Waals surface area contributed by atoms with Gasteiger partial charge >= 0.3 is 12.5 Å². The molecule has 0 unspecified atom stereocenters. The van der Waals surface area contributed by atoms with E-state index in [-0.39, 0.29) is 5.75 Å². The van der Waals surface area contributed by atoms with E-state index in [2.05, 4.69) is 23.5 Å². The van der Waals surface area contributed by atoms with Crippen LogP contribution in [0.15, 0.2) is 24.3 Å². The number of hydrogen-bond donors (Lipinski definition) is 0. The molecule has 0 aromatic heterocycles. The van der Waals surface area contributed by atoms with Crippen LogP contribution in [0.4, 0.5) is 17.6 Å². The van der Waals surface area contributed by atoms with Gasteiger partial charge in [0.1, 0.15) is 5.75 Å². The summed E-state index contributed by atoms with van der Waals surface area (Å²) in [5.74, 6) is 9.18. The second-order valence-corrected chi connectivity index (χ2v) is 8.94. The van der Waals surface area contributed by atoms with E-state index in [1.54, 1.807) is 0 Å². The molecule has 1 aromatic carbocycles. The molecule has 5 heteroatoms. The summed E-state index contributed by atoms with van der Waals surface area (Å²) in [6.07, 6.45) is 4.67. The molecule has 0 radical (unpaired) electrons. The van der Waals surface area contributed by atoms with Gasteiger partial charge in [-0.15, -0.1) is 0 Å². The average molecular weight is 425 g/mol. The van der Waals surface area contributed by atoms with Gasteiger partial charge in [-0.05, 0) is 80.5 Å². The molecule has 2 fully saturated rings. The monoisotopic (exact) mass is 424 g/mol. The van der Waals surface area contributed by atoms with Gasteiger partial charge in [-0.2, -0.15) is 17.6 Å². The fourth-order valence-corrected chi connectivity index (χ4v) is 5.08. The maximum absolute atomic E-state index is 12.9. The summed E-state index contributed by atoms with van der Waals surface area (Å²) in [5, 5.41) is 0. The van der Waals surface area contributed by atoms with Crippen LogP contribution in [-0.4, -0.2) is 12.5 Å². The third-order valence-corrected chi connectivity index (χ3v) is 6.81. The second kappa shape index (κ2) is 10.6. The molecule has 1 nitrogen and oxygen atoms in total. The highest BCUT2D eigenvalue weighted by Gasteiger charge is 2.43. The molecular weight excluding hydrogens is 392 g/mol. The van der Waals surface area contributed by atoms with Crippen molar-refractivity contribution in [3.63, 3.8) is 0 Å². The van der Waals surface area contributed by atoms with Crippen LogP contribution >= 0.6 is 0 Å². The van der Waals surface area contributed by atoms with Crippen molar-refractivity contribution >= 4 is 0 Å². The van der Waals surface area contributed by atoms with E-state index >= 15 is 0 Å². The van der Waals surface area contributed by atoms with Crippen molar-refractivity contribution in [2.24, 2.45) is 23.7 Å². The minimum absolute atomic E-state index is 0.292. The van der Waals surface area contributed by atoms with Crippen LogP contribution in [-0.2, 0) is 0 Å². The molecule has 0 aliphatic heterocycles. The first-order chi connectivity index (χ1) is 14.4. The van der Waals surface area contributed by atoms with E-state index in [4.69, 9.17) is 0 Å². The molecule has 3 rings (SSSR count). The number of rotatable bonds is 6. The Morgan fingerprint density at radius 1 is 0.933 bits per heavy atom. The van der Waals surface area contributed by atoms with E-state index in [1.165, 1.54) is 75.6 Å². The molecule has 0 amide bonds. The quantitative estimate of drug-likeness (QED) is 0.336. The zero-order valence-electron chi connectivity index (χ0n) is 17.7. The number of ether oxygens (including phenoxy) is 1. The van der Waals surface area contributed by atoms with Crippen molar-refractivity contribution in [2.75, 3.05) is 0 Å². The van der Waals surface area contributed by atoms with Gasteiger partial charge in [-0.25, -0.2) is 0 Å². The fraction of sp³-hybridized carbons (Fsp3) is 0.680. The van der Waals surface area contributed by atoms with Crippen molar-refractivity contribution in [1.29, 1.82) is 0 Å². The molecule has 0 bridgehead atoms. The first kappa shape index (κ1) is 23.0. The van der Waals surface area contributed by atoms with Gasteiger partial charge in [0.15, 0.2) is 0 Å². The number of hydrogen-bond acceptors (Lipinski definition) is 1. The Hall–Kier alpha value is -1.70. The van der Waals surface area contributed by atoms with E-state index in [0.717, 1.165) is 30.6 Å². The van der Waals surface area contributed by atoms with Gasteiger partial charge in [0.2, 0.25) is 0 Å². The Morgan fingerprint density at radius 3 is 2.03 bits per heavy atom. The van der Waals surface area contributed by atoms with Gasteiger partial charge in [-0.3, -0.25) is 0 Å². The number of benzene rings is 1. The Morgan fingerprint density at radius 2 is 1.50 bits per heavy atom. The molecule has 0 saturated heterocycles. The molecule has 166 valence electrons. The van der Waals surface area contributed by atoms with Crippen molar-refractivity contribution in [2.45, 2.75) is 83.7 Å². The first-order valence-electron chi connectivity index (χ1n) is 11.3. The standard InChI is InChI=1S/C25H32F4O/c1-2-3-18-6-12-21(13-7-18)22-14-8-19(9-15-22)4-5-20-10-16-23(17-11-20)30-25(28,29)24(26)27/h10-11,16-19,21-22,24H,2-3,6-9,12-15H2,1H3. The van der Waals surface area contributed by atoms with E-state index in [9.17, 15) is 17.6 Å². The van der Waals surface area contributed by atoms with Gasteiger partial charge in [0.05, 0.1) is 0 Å². The lowest BCUT2D eigenvalue weighted by Gasteiger charge is -2.37. The maximum Gasteiger partial charge on any atom is 0.461 e. The topological polar surface area (TPSA) is 9.23 Å². The summed E-state index contributed by atoms with van der Waals surface area (Å²) in [6.45, 7) is 2.28. The lowest BCUT2D eigenvalue weighted by atomic mass is 9.69. The molecular formula is C25H32F4O. The minimum Gasteiger partial charge on any atom is -0.428 e. The Kier molecular flexibility index (Phi) is 8.08. The summed E-state index contributed by atoms with van der Waals surface area (Å²) in [5.41, 5.74) is 0.680. The predicted molar refractivity (Wildman–Crippen MR) is 111 cm³/mol. The van der Waals surface area contributed by atoms with Gasteiger partial charge in [-0.1, -0.05) is 44.4 Å². The predicted octanol–water partition coefficient (Wildman–Crippen LogP) is 7.69. The Labute approximate surface area is 177 Å². The zero-order chi connectivity index (χ0) is 21.6. The summed E-state index contributed by atoms with van der Waals surface area (Å²) in [6, 6.07) is 5.58. The van der Waals surface area contributed by atoms with Crippen molar-refractivity contribution < 1.29 is 22.3 Å². The maximum atomic E-state index is 12.9. The van der Waals surface area contributed by atoms with Crippen LogP contribution in [0.3, 0.4) is 0 Å². The molecule has 0 N–H and O–H groups in total. The summed E-state index contributed by atoms with van der Waals surface area (Å²) in [7, 11) is 0. The normalized spacial score (nSPS) is 27.4. The largest absolute Gasteiger partial charge is 0.461 e. The molecule has 0 atom stereocenters. The zero-order valence-corrected chi connectivity index (χ0v) is 17.7. The highest BCUT2D eigenvalue weighted by Crippen LogP contribution is 2.42. The summed E-state index contributed by atoms with van der Waals surface area (Å²) >= 11 is 0. The van der Waals surface area contributed by atoms with Crippen LogP contribution in [0.5, 0.6) is 5.75 Å². The van der Waals surface area contributed by atoms with Crippen LogP contribution in [0, 0.1) is 35.5 Å². The first-order valence-corrected chi connectivity index (χ1v) is 11.3. The highest BCUT2D eigenvalue weighted by atomic mass is 19.3. The van der Waals surface area contributed by atoms with Crippen LogP contribution in [0.2, 0.25) is 0 Å². The van der Waals surface area contributed by atoms with Gasteiger partial charge in [0.25, 0.3) is 0 Å². The minimum atomic E-state index is -4.49. The molecule has 0 heterocycles. The van der Waals surface area contributed by atoms with Gasteiger partial charge < -0.3 is 4.74 Å². The third kappa shape index (κ3) is 6.40.